The lowest BCUT2D eigenvalue weighted by molar-refractivity contribution is -0.117. The van der Waals surface area contributed by atoms with E-state index in [1.807, 2.05) is 0 Å². The monoisotopic (exact) mass is 355 g/mol. The van der Waals surface area contributed by atoms with Crippen LogP contribution >= 0.6 is 0 Å². The number of benzene rings is 1. The molecule has 1 aliphatic rings. The topological polar surface area (TPSA) is 106 Å². The molecule has 0 bridgehead atoms. The summed E-state index contributed by atoms with van der Waals surface area (Å²) in [5.41, 5.74) is 15.0. The van der Waals surface area contributed by atoms with Crippen LogP contribution < -0.4 is 22.1 Å². The second-order valence-corrected chi connectivity index (χ2v) is 6.34. The Labute approximate surface area is 151 Å². The van der Waals surface area contributed by atoms with Gasteiger partial charge in [-0.25, -0.2) is 4.98 Å². The Morgan fingerprint density at radius 3 is 2.58 bits per heavy atom. The summed E-state index contributed by atoms with van der Waals surface area (Å²) < 4.78 is 14.3. The minimum atomic E-state index is -0.594. The molecular weight excluding hydrogens is 333 g/mol. The number of halogens is 1. The quantitative estimate of drug-likeness (QED) is 0.372. The fourth-order valence-corrected chi connectivity index (χ4v) is 2.76. The molecule has 0 spiro atoms. The summed E-state index contributed by atoms with van der Waals surface area (Å²) in [5, 5.41) is 5.79. The number of nitrogens with one attached hydrogen (secondary N) is 2. The summed E-state index contributed by atoms with van der Waals surface area (Å²) in [6, 6.07) is 8.74. The van der Waals surface area contributed by atoms with Crippen LogP contribution in [0.25, 0.3) is 16.8 Å². The zero-order chi connectivity index (χ0) is 18.8. The maximum atomic E-state index is 14.3. The van der Waals surface area contributed by atoms with E-state index in [4.69, 9.17) is 11.5 Å². The summed E-state index contributed by atoms with van der Waals surface area (Å²) in [4.78, 5) is 16.1. The van der Waals surface area contributed by atoms with Crippen LogP contribution in [0.4, 0.5) is 10.1 Å². The summed E-state index contributed by atoms with van der Waals surface area (Å²) >= 11 is 0. The number of amides is 1. The Hall–Kier alpha value is -3.09. The van der Waals surface area contributed by atoms with Crippen LogP contribution in [0.5, 0.6) is 0 Å². The van der Waals surface area contributed by atoms with Crippen molar-refractivity contribution in [2.24, 2.45) is 5.73 Å². The molecule has 0 saturated heterocycles. The van der Waals surface area contributed by atoms with Gasteiger partial charge in [0.2, 0.25) is 5.95 Å². The smallest absolute Gasteiger partial charge is 0.269 e. The van der Waals surface area contributed by atoms with Gasteiger partial charge in [0, 0.05) is 41.2 Å². The number of hydrogen-bond donors (Lipinski definition) is 4. The standard InChI is InChI=1S/C19H22FN5O/c1-10-6-9-13(18(20)24-10)12-4-3-5-14(15(12)21)17(23-2)16(22)19(26)25-11-7-8-11/h3-6,9,11,23H,7-8,21-22H2,1-2H3,(H,25,26)/b17-16+. The maximum Gasteiger partial charge on any atom is 0.269 e. The average Bonchev–Trinajstić information content (AvgIpc) is 3.41. The highest BCUT2D eigenvalue weighted by atomic mass is 19.1. The van der Waals surface area contributed by atoms with Gasteiger partial charge in [-0.15, -0.1) is 0 Å². The molecule has 3 rings (SSSR count). The fourth-order valence-electron chi connectivity index (χ4n) is 2.76. The molecule has 1 aromatic heterocycles. The molecule has 0 atom stereocenters. The van der Waals surface area contributed by atoms with E-state index in [0.29, 0.717) is 33.8 Å². The number of hydrogen-bond acceptors (Lipinski definition) is 5. The van der Waals surface area contributed by atoms with Gasteiger partial charge in [-0.3, -0.25) is 4.79 Å². The van der Waals surface area contributed by atoms with Crippen molar-refractivity contribution in [3.63, 3.8) is 0 Å². The largest absolute Gasteiger partial charge is 0.398 e. The highest BCUT2D eigenvalue weighted by molar-refractivity contribution is 6.02. The molecule has 1 saturated carbocycles. The first-order valence-electron chi connectivity index (χ1n) is 8.43. The summed E-state index contributed by atoms with van der Waals surface area (Å²) in [6.07, 6.45) is 1.93. The van der Waals surface area contributed by atoms with Crippen molar-refractivity contribution in [3.05, 3.63) is 53.2 Å². The number of rotatable bonds is 5. The molecule has 1 heterocycles. The zero-order valence-electron chi connectivity index (χ0n) is 14.8. The Morgan fingerprint density at radius 2 is 1.96 bits per heavy atom. The fraction of sp³-hybridized carbons (Fsp3) is 0.263. The molecule has 0 radical (unpaired) electrons. The second-order valence-electron chi connectivity index (χ2n) is 6.34. The zero-order valence-corrected chi connectivity index (χ0v) is 14.8. The first-order valence-corrected chi connectivity index (χ1v) is 8.43. The molecular formula is C19H22FN5O. The molecule has 26 heavy (non-hydrogen) atoms. The number of carbonyl (C=O) groups excluding carboxylic acids is 1. The number of nitrogen functional groups attached to an aromatic ring is 1. The Bertz CT molecular complexity index is 889. The van der Waals surface area contributed by atoms with Crippen LogP contribution in [0.3, 0.4) is 0 Å². The van der Waals surface area contributed by atoms with Gasteiger partial charge in [-0.2, -0.15) is 4.39 Å². The van der Waals surface area contributed by atoms with E-state index < -0.39 is 5.95 Å². The molecule has 0 aliphatic heterocycles. The van der Waals surface area contributed by atoms with Crippen LogP contribution in [0, 0.1) is 12.9 Å². The molecule has 1 aliphatic carbocycles. The maximum absolute atomic E-state index is 14.3. The number of carbonyl (C=O) groups is 1. The Kier molecular flexibility index (Phi) is 4.79. The van der Waals surface area contributed by atoms with E-state index in [1.165, 1.54) is 0 Å². The van der Waals surface area contributed by atoms with Gasteiger partial charge in [0.1, 0.15) is 5.70 Å². The lowest BCUT2D eigenvalue weighted by Gasteiger charge is -2.16. The van der Waals surface area contributed by atoms with Gasteiger partial charge >= 0.3 is 0 Å². The molecule has 0 unspecified atom stereocenters. The van der Waals surface area contributed by atoms with Crippen molar-refractivity contribution in [3.8, 4) is 11.1 Å². The Morgan fingerprint density at radius 1 is 1.23 bits per heavy atom. The minimum Gasteiger partial charge on any atom is -0.398 e. The molecule has 2 aromatic rings. The normalized spacial score (nSPS) is 14.6. The van der Waals surface area contributed by atoms with Crippen LogP contribution in [0.2, 0.25) is 0 Å². The van der Waals surface area contributed by atoms with Crippen molar-refractivity contribution in [1.29, 1.82) is 0 Å². The van der Waals surface area contributed by atoms with Crippen LogP contribution in [-0.2, 0) is 4.79 Å². The molecule has 6 N–H and O–H groups in total. The number of nitrogens with zero attached hydrogens (tertiary/aromatic N) is 1. The van der Waals surface area contributed by atoms with Gasteiger partial charge in [0.15, 0.2) is 0 Å². The van der Waals surface area contributed by atoms with E-state index >= 15 is 0 Å². The first-order chi connectivity index (χ1) is 12.4. The van der Waals surface area contributed by atoms with Crippen LogP contribution in [-0.4, -0.2) is 24.0 Å². The molecule has 7 heteroatoms. The van der Waals surface area contributed by atoms with Crippen molar-refractivity contribution in [2.45, 2.75) is 25.8 Å². The predicted octanol–water partition coefficient (Wildman–Crippen LogP) is 1.90. The molecule has 136 valence electrons. The van der Waals surface area contributed by atoms with E-state index in [9.17, 15) is 9.18 Å². The van der Waals surface area contributed by atoms with Crippen molar-refractivity contribution in [1.82, 2.24) is 15.6 Å². The van der Waals surface area contributed by atoms with Gasteiger partial charge in [-0.05, 0) is 31.9 Å². The van der Waals surface area contributed by atoms with E-state index in [-0.39, 0.29) is 17.6 Å². The second kappa shape index (κ2) is 7.03. The van der Waals surface area contributed by atoms with Crippen molar-refractivity contribution < 1.29 is 9.18 Å². The number of nitrogens with two attached hydrogens (primary N) is 2. The SMILES string of the molecule is CN/C(=C(/N)C(=O)NC1CC1)c1cccc(-c2ccc(C)nc2F)c1N. The van der Waals surface area contributed by atoms with Gasteiger partial charge < -0.3 is 22.1 Å². The average molecular weight is 355 g/mol. The van der Waals surface area contributed by atoms with Crippen molar-refractivity contribution in [2.75, 3.05) is 12.8 Å². The van der Waals surface area contributed by atoms with E-state index in [1.54, 1.807) is 44.3 Å². The molecule has 1 fully saturated rings. The number of anilines is 1. The van der Waals surface area contributed by atoms with Crippen LogP contribution in [0.1, 0.15) is 24.1 Å². The van der Waals surface area contributed by atoms with Gasteiger partial charge in [-0.1, -0.05) is 18.2 Å². The van der Waals surface area contributed by atoms with Crippen molar-refractivity contribution >= 4 is 17.3 Å². The third-order valence-electron chi connectivity index (χ3n) is 4.33. The molecule has 1 aromatic carbocycles. The first kappa shape index (κ1) is 17.7. The predicted molar refractivity (Wildman–Crippen MR) is 100 cm³/mol. The summed E-state index contributed by atoms with van der Waals surface area (Å²) in [6.45, 7) is 1.72. The van der Waals surface area contributed by atoms with Gasteiger partial charge in [0.25, 0.3) is 5.91 Å². The lowest BCUT2D eigenvalue weighted by Crippen LogP contribution is -2.32. The summed E-state index contributed by atoms with van der Waals surface area (Å²) in [7, 11) is 1.66. The third-order valence-corrected chi connectivity index (χ3v) is 4.33. The molecule has 1 amide bonds. The summed E-state index contributed by atoms with van der Waals surface area (Å²) in [5.74, 6) is -0.937. The lowest BCUT2D eigenvalue weighted by atomic mass is 9.98. The number of aryl methyl sites for hydroxylation is 1. The number of aromatic nitrogens is 1. The minimum absolute atomic E-state index is 0.0470. The Balaban J connectivity index is 2.05. The molecule has 6 nitrogen and oxygen atoms in total. The van der Waals surface area contributed by atoms with E-state index in [2.05, 4.69) is 15.6 Å². The third kappa shape index (κ3) is 3.46. The highest BCUT2D eigenvalue weighted by Crippen LogP contribution is 2.33. The van der Waals surface area contributed by atoms with Gasteiger partial charge in [0.05, 0.1) is 5.70 Å². The van der Waals surface area contributed by atoms with Crippen LogP contribution in [0.15, 0.2) is 36.0 Å². The highest BCUT2D eigenvalue weighted by Gasteiger charge is 2.26. The van der Waals surface area contributed by atoms with E-state index in [0.717, 1.165) is 12.8 Å². The number of pyridine rings is 1. The number of para-hydroxylation sites is 1.